The zero-order chi connectivity index (χ0) is 21.5. The number of benzene rings is 3. The minimum absolute atomic E-state index is 0.144. The van der Waals surface area contributed by atoms with Gasteiger partial charge in [0.25, 0.3) is 7.87 Å². The number of para-hydroxylation sites is 1. The van der Waals surface area contributed by atoms with Crippen LogP contribution in [0.15, 0.2) is 60.7 Å². The van der Waals surface area contributed by atoms with Gasteiger partial charge < -0.3 is 24.4 Å². The first-order valence-corrected chi connectivity index (χ1v) is 11.0. The maximum atomic E-state index is 14.1. The average molecular weight is 450 g/mol. The number of halogens is 2. The number of aliphatic hydroxyl groups excluding tert-OH is 1. The highest BCUT2D eigenvalue weighted by molar-refractivity contribution is 7.66. The van der Waals surface area contributed by atoms with E-state index in [9.17, 15) is 19.5 Å². The lowest BCUT2D eigenvalue weighted by Crippen LogP contribution is -2.40. The van der Waals surface area contributed by atoms with Crippen LogP contribution in [0.25, 0.3) is 0 Å². The fourth-order valence-corrected chi connectivity index (χ4v) is 5.74. The van der Waals surface area contributed by atoms with Crippen LogP contribution in [0.1, 0.15) is 17.0 Å². The molecule has 0 fully saturated rings. The predicted molar refractivity (Wildman–Crippen MR) is 111 cm³/mol. The van der Waals surface area contributed by atoms with Crippen LogP contribution in [0, 0.1) is 5.82 Å². The Morgan fingerprint density at radius 2 is 1.97 bits per heavy atom. The van der Waals surface area contributed by atoms with Gasteiger partial charge in [0.15, 0.2) is 17.2 Å². The number of phenols is 1. The second kappa shape index (κ2) is 7.93. The van der Waals surface area contributed by atoms with E-state index < -0.39 is 19.5 Å². The smallest absolute Gasteiger partial charge is 0.280 e. The average Bonchev–Trinajstić information content (AvgIpc) is 2.74. The fourth-order valence-electron chi connectivity index (χ4n) is 3.31. The zero-order valence-corrected chi connectivity index (χ0v) is 17.5. The first kappa shape index (κ1) is 20.7. The lowest BCUT2D eigenvalue weighted by Gasteiger charge is -2.44. The van der Waals surface area contributed by atoms with Gasteiger partial charge in [-0.1, -0.05) is 29.8 Å². The molecule has 3 aromatic carbocycles. The van der Waals surface area contributed by atoms with Crippen molar-refractivity contribution >= 4 is 25.2 Å². The Morgan fingerprint density at radius 3 is 2.67 bits per heavy atom. The molecule has 1 heterocycles. The van der Waals surface area contributed by atoms with Crippen molar-refractivity contribution in [3.05, 3.63) is 82.6 Å². The molecular weight excluding hydrogens is 432 g/mol. The van der Waals surface area contributed by atoms with Gasteiger partial charge in [-0.15, -0.1) is 0 Å². The minimum Gasteiger partial charge on any atom is -0.627 e. The van der Waals surface area contributed by atoms with E-state index in [1.807, 2.05) is 12.1 Å². The summed E-state index contributed by atoms with van der Waals surface area (Å²) in [5.74, 6) is -1.85. The van der Waals surface area contributed by atoms with E-state index in [4.69, 9.17) is 20.9 Å². The van der Waals surface area contributed by atoms with Crippen LogP contribution in [-0.2, 0) is 6.54 Å². The molecule has 1 aliphatic rings. The van der Waals surface area contributed by atoms with Gasteiger partial charge in [0.05, 0.1) is 24.4 Å². The Balaban J connectivity index is 1.81. The summed E-state index contributed by atoms with van der Waals surface area (Å²) in [6.45, 7) is 0.147. The molecule has 0 amide bonds. The number of methoxy groups -OCH3 is 1. The molecule has 0 spiro atoms. The molecule has 0 aromatic heterocycles. The highest BCUT2D eigenvalue weighted by Gasteiger charge is 2.50. The molecule has 2 N–H and O–H groups in total. The topological polar surface area (TPSA) is 85.2 Å². The Labute approximate surface area is 178 Å². The van der Waals surface area contributed by atoms with Crippen molar-refractivity contribution in [1.29, 1.82) is 0 Å². The van der Waals surface area contributed by atoms with Crippen LogP contribution in [0.4, 0.5) is 10.1 Å². The van der Waals surface area contributed by atoms with Gasteiger partial charge in [-0.25, -0.2) is 9.06 Å². The molecule has 0 aliphatic carbocycles. The highest BCUT2D eigenvalue weighted by Crippen LogP contribution is 2.68. The van der Waals surface area contributed by atoms with Crippen LogP contribution in [0.2, 0.25) is 5.02 Å². The van der Waals surface area contributed by atoms with Crippen molar-refractivity contribution in [1.82, 2.24) is 0 Å². The summed E-state index contributed by atoms with van der Waals surface area (Å²) in [6, 6.07) is 15.1. The lowest BCUT2D eigenvalue weighted by atomic mass is 10.2. The van der Waals surface area contributed by atoms with Gasteiger partial charge in [0.2, 0.25) is 5.85 Å². The Morgan fingerprint density at radius 1 is 1.20 bits per heavy atom. The second-order valence-corrected chi connectivity index (χ2v) is 9.41. The summed E-state index contributed by atoms with van der Waals surface area (Å²) in [6.07, 6.45) is 0. The van der Waals surface area contributed by atoms with E-state index in [1.54, 1.807) is 12.1 Å². The quantitative estimate of drug-likeness (QED) is 0.574. The van der Waals surface area contributed by atoms with Crippen molar-refractivity contribution in [3.63, 3.8) is 0 Å². The third-order valence-electron chi connectivity index (χ3n) is 4.87. The maximum absolute atomic E-state index is 14.1. The molecule has 0 radical (unpaired) electrons. The summed E-state index contributed by atoms with van der Waals surface area (Å²) in [5, 5.41) is 21.0. The van der Waals surface area contributed by atoms with E-state index in [0.717, 1.165) is 11.6 Å². The SMILES string of the molecule is COc1ccc(C(O)[P+]2([O-])Oc3ccccc3CN2c2ccc(F)c(Cl)c2)cc1O. The van der Waals surface area contributed by atoms with E-state index in [0.29, 0.717) is 11.4 Å². The molecule has 9 heteroatoms. The van der Waals surface area contributed by atoms with Crippen LogP contribution >= 0.6 is 19.5 Å². The van der Waals surface area contributed by atoms with E-state index >= 15 is 0 Å². The summed E-state index contributed by atoms with van der Waals surface area (Å²) in [4.78, 5) is 14.1. The third-order valence-corrected chi connectivity index (χ3v) is 7.58. The van der Waals surface area contributed by atoms with Crippen LogP contribution in [0.3, 0.4) is 0 Å². The molecule has 30 heavy (non-hydrogen) atoms. The van der Waals surface area contributed by atoms with Crippen molar-refractivity contribution in [2.45, 2.75) is 12.4 Å². The summed E-state index contributed by atoms with van der Waals surface area (Å²) in [5.41, 5.74) is 1.25. The van der Waals surface area contributed by atoms with Gasteiger partial charge in [-0.05, 0) is 42.5 Å². The summed E-state index contributed by atoms with van der Waals surface area (Å²) >= 11 is 5.94. The number of nitrogens with zero attached hydrogens (tertiary/aromatic N) is 1. The molecule has 6 nitrogen and oxygen atoms in total. The lowest BCUT2D eigenvalue weighted by molar-refractivity contribution is -0.196. The highest BCUT2D eigenvalue weighted by atomic mass is 35.5. The van der Waals surface area contributed by atoms with E-state index in [2.05, 4.69) is 0 Å². The number of aliphatic hydroxyl groups is 1. The Bertz CT molecular complexity index is 1100. The van der Waals surface area contributed by atoms with Crippen molar-refractivity contribution in [2.24, 2.45) is 0 Å². The number of aromatic hydroxyl groups is 1. The molecule has 0 saturated carbocycles. The number of phenolic OH excluding ortho intramolecular Hbond substituents is 1. The molecule has 2 unspecified atom stereocenters. The summed E-state index contributed by atoms with van der Waals surface area (Å²) < 4.78 is 25.9. The summed E-state index contributed by atoms with van der Waals surface area (Å²) in [7, 11) is -2.62. The number of hydrogen-bond acceptors (Lipinski definition) is 6. The minimum atomic E-state index is -4.01. The normalized spacial score (nSPS) is 19.0. The van der Waals surface area contributed by atoms with Crippen molar-refractivity contribution < 1.29 is 28.8 Å². The molecular formula is C21H18ClFNO5P. The maximum Gasteiger partial charge on any atom is 0.280 e. The van der Waals surface area contributed by atoms with Crippen molar-refractivity contribution in [3.8, 4) is 17.2 Å². The van der Waals surface area contributed by atoms with Gasteiger partial charge in [0, 0.05) is 11.1 Å². The predicted octanol–water partition coefficient (Wildman–Crippen LogP) is 4.41. The number of fused-ring (bicyclic) bond motifs is 1. The van der Waals surface area contributed by atoms with Crippen molar-refractivity contribution in [2.75, 3.05) is 11.8 Å². The fraction of sp³-hybridized carbons (Fsp3) is 0.143. The monoisotopic (exact) mass is 449 g/mol. The van der Waals surface area contributed by atoms with Crippen LogP contribution in [-0.4, -0.2) is 17.3 Å². The van der Waals surface area contributed by atoms with Gasteiger partial charge >= 0.3 is 0 Å². The van der Waals surface area contributed by atoms with Crippen LogP contribution in [0.5, 0.6) is 17.2 Å². The molecule has 0 bridgehead atoms. The standard InChI is InChI=1S/C21H18ClFNO5P/c1-28-20-9-6-13(10-18(20)25)21(26)30(27)24(15-7-8-17(23)16(22)11-15)12-14-4-2-3-5-19(14)29-30/h2-11,21,25-26H,12H2,1H3. The molecule has 2 atom stereocenters. The number of ether oxygens (including phenoxy) is 1. The molecule has 156 valence electrons. The molecule has 0 saturated heterocycles. The van der Waals surface area contributed by atoms with E-state index in [-0.39, 0.29) is 28.6 Å². The third kappa shape index (κ3) is 3.55. The Kier molecular flexibility index (Phi) is 5.47. The first-order chi connectivity index (χ1) is 14.3. The largest absolute Gasteiger partial charge is 0.627 e. The molecule has 3 aromatic rings. The number of rotatable bonds is 4. The van der Waals surface area contributed by atoms with E-state index in [1.165, 1.54) is 42.1 Å². The number of anilines is 1. The van der Waals surface area contributed by atoms with Gasteiger partial charge in [0.1, 0.15) is 5.82 Å². The zero-order valence-electron chi connectivity index (χ0n) is 15.8. The van der Waals surface area contributed by atoms with Gasteiger partial charge in [-0.2, -0.15) is 0 Å². The molecule has 4 rings (SSSR count). The number of hydrogen-bond donors (Lipinski definition) is 2. The Hall–Kier alpha value is -2.57. The van der Waals surface area contributed by atoms with Crippen LogP contribution < -0.4 is 18.8 Å². The molecule has 1 aliphatic heterocycles. The second-order valence-electron chi connectivity index (χ2n) is 6.72. The first-order valence-electron chi connectivity index (χ1n) is 8.99. The van der Waals surface area contributed by atoms with Gasteiger partial charge in [-0.3, -0.25) is 0 Å².